The second kappa shape index (κ2) is 9.00. The number of aromatic nitrogens is 1. The monoisotopic (exact) mass is 487 g/mol. The van der Waals surface area contributed by atoms with Gasteiger partial charge < -0.3 is 19.9 Å². The highest BCUT2D eigenvalue weighted by molar-refractivity contribution is 9.10. The third-order valence-electron chi connectivity index (χ3n) is 4.35. The van der Waals surface area contributed by atoms with Gasteiger partial charge in [-0.3, -0.25) is 14.4 Å². The molecule has 7 nitrogen and oxygen atoms in total. The van der Waals surface area contributed by atoms with Crippen molar-refractivity contribution in [2.45, 2.75) is 31.7 Å². The Morgan fingerprint density at radius 2 is 1.97 bits per heavy atom. The van der Waals surface area contributed by atoms with Crippen LogP contribution in [0, 0.1) is 0 Å². The highest BCUT2D eigenvalue weighted by Gasteiger charge is 2.35. The van der Waals surface area contributed by atoms with E-state index in [1.807, 2.05) is 0 Å². The molecule has 11 heteroatoms. The Balaban J connectivity index is 1.78. The molecule has 1 atom stereocenters. The van der Waals surface area contributed by atoms with Crippen LogP contribution in [-0.2, 0) is 27.0 Å². The van der Waals surface area contributed by atoms with Gasteiger partial charge in [0.1, 0.15) is 12.6 Å². The molecule has 1 fully saturated rings. The topological polar surface area (TPSA) is 89.4 Å². The van der Waals surface area contributed by atoms with Crippen LogP contribution in [0.25, 0.3) is 0 Å². The van der Waals surface area contributed by atoms with Gasteiger partial charge in [-0.15, -0.1) is 0 Å². The fraction of sp³-hybridized carbons (Fsp3) is 0.316. The first-order valence-corrected chi connectivity index (χ1v) is 9.72. The molecule has 2 heterocycles. The van der Waals surface area contributed by atoms with E-state index in [1.165, 1.54) is 24.4 Å². The van der Waals surface area contributed by atoms with Crippen LogP contribution in [0.4, 0.5) is 24.5 Å². The third kappa shape index (κ3) is 5.48. The van der Waals surface area contributed by atoms with E-state index in [2.05, 4.69) is 26.6 Å². The molecule has 1 aromatic heterocycles. The van der Waals surface area contributed by atoms with Gasteiger partial charge >= 0.3 is 6.18 Å². The van der Waals surface area contributed by atoms with Gasteiger partial charge in [0, 0.05) is 29.0 Å². The Labute approximate surface area is 177 Å². The molecule has 2 aromatic rings. The maximum Gasteiger partial charge on any atom is 0.418 e. The van der Waals surface area contributed by atoms with Gasteiger partial charge in [-0.05, 0) is 53.0 Å². The van der Waals surface area contributed by atoms with Crippen LogP contribution in [-0.4, -0.2) is 29.1 Å². The van der Waals surface area contributed by atoms with E-state index in [9.17, 15) is 27.6 Å². The first-order chi connectivity index (χ1) is 14.1. The molecule has 2 N–H and O–H groups in total. The smallest absolute Gasteiger partial charge is 0.368 e. The second-order valence-corrected chi connectivity index (χ2v) is 7.53. The van der Waals surface area contributed by atoms with Crippen LogP contribution in [0.15, 0.2) is 45.8 Å². The van der Waals surface area contributed by atoms with Crippen molar-refractivity contribution in [1.82, 2.24) is 4.57 Å². The number of anilines is 2. The summed E-state index contributed by atoms with van der Waals surface area (Å²) in [6.45, 7) is -0.0367. The molecule has 160 valence electrons. The summed E-state index contributed by atoms with van der Waals surface area (Å²) >= 11 is 3.16. The van der Waals surface area contributed by atoms with Crippen LogP contribution in [0.2, 0.25) is 0 Å². The number of alkyl halides is 3. The second-order valence-electron chi connectivity index (χ2n) is 6.61. The van der Waals surface area contributed by atoms with E-state index in [4.69, 9.17) is 4.74 Å². The predicted molar refractivity (Wildman–Crippen MR) is 106 cm³/mol. The fourth-order valence-corrected chi connectivity index (χ4v) is 3.32. The van der Waals surface area contributed by atoms with Crippen molar-refractivity contribution in [1.29, 1.82) is 0 Å². The SMILES string of the molecule is O=C(Cn1cc(Br)ccc1=O)Nc1ccc(NC(=O)C2CCCO2)cc1C(F)(F)F. The summed E-state index contributed by atoms with van der Waals surface area (Å²) in [5, 5.41) is 4.58. The third-order valence-corrected chi connectivity index (χ3v) is 4.82. The minimum atomic E-state index is -4.78. The number of carbonyl (C=O) groups excluding carboxylic acids is 2. The van der Waals surface area contributed by atoms with Crippen molar-refractivity contribution in [3.8, 4) is 0 Å². The number of halogens is 4. The number of hydrogen-bond acceptors (Lipinski definition) is 4. The van der Waals surface area contributed by atoms with Crippen molar-refractivity contribution in [3.63, 3.8) is 0 Å². The van der Waals surface area contributed by atoms with E-state index in [-0.39, 0.29) is 5.69 Å². The molecule has 0 saturated carbocycles. The molecular formula is C19H17BrF3N3O4. The van der Waals surface area contributed by atoms with Crippen LogP contribution >= 0.6 is 15.9 Å². The van der Waals surface area contributed by atoms with E-state index in [0.29, 0.717) is 23.9 Å². The van der Waals surface area contributed by atoms with Gasteiger partial charge in [-0.2, -0.15) is 13.2 Å². The maximum atomic E-state index is 13.5. The fourth-order valence-electron chi connectivity index (χ4n) is 2.94. The van der Waals surface area contributed by atoms with E-state index in [1.54, 1.807) is 0 Å². The minimum Gasteiger partial charge on any atom is -0.368 e. The molecule has 0 spiro atoms. The van der Waals surface area contributed by atoms with Gasteiger partial charge in [-0.1, -0.05) is 0 Å². The highest BCUT2D eigenvalue weighted by Crippen LogP contribution is 2.36. The number of ether oxygens (including phenoxy) is 1. The summed E-state index contributed by atoms with van der Waals surface area (Å²) in [6, 6.07) is 5.76. The summed E-state index contributed by atoms with van der Waals surface area (Å²) in [7, 11) is 0. The van der Waals surface area contributed by atoms with Gasteiger partial charge in [0.05, 0.1) is 11.3 Å². The number of amides is 2. The quantitative estimate of drug-likeness (QED) is 0.676. The van der Waals surface area contributed by atoms with Gasteiger partial charge in [-0.25, -0.2) is 0 Å². The molecule has 0 aliphatic carbocycles. The maximum absolute atomic E-state index is 13.5. The van der Waals surface area contributed by atoms with Crippen LogP contribution in [0.3, 0.4) is 0 Å². The molecule has 3 rings (SSSR count). The minimum absolute atomic E-state index is 0.0657. The average molecular weight is 488 g/mol. The predicted octanol–water partition coefficient (Wildman–Crippen LogP) is 3.39. The van der Waals surface area contributed by atoms with Crippen molar-refractivity contribution >= 4 is 39.1 Å². The molecule has 1 aliphatic heterocycles. The Hall–Kier alpha value is -2.66. The Morgan fingerprint density at radius 3 is 2.63 bits per heavy atom. The lowest BCUT2D eigenvalue weighted by molar-refractivity contribution is -0.137. The lowest BCUT2D eigenvalue weighted by Crippen LogP contribution is -2.28. The zero-order chi connectivity index (χ0) is 21.9. The molecule has 2 amide bonds. The number of pyridine rings is 1. The molecule has 1 unspecified atom stereocenters. The summed E-state index contributed by atoms with van der Waals surface area (Å²) in [6.07, 6.45) is -2.91. The van der Waals surface area contributed by atoms with Crippen molar-refractivity contribution in [2.24, 2.45) is 0 Å². The molecule has 1 saturated heterocycles. The molecule has 1 aliphatic rings. The van der Waals surface area contributed by atoms with Crippen molar-refractivity contribution in [2.75, 3.05) is 17.2 Å². The first-order valence-electron chi connectivity index (χ1n) is 8.93. The normalized spacial score (nSPS) is 16.3. The Kier molecular flexibility index (Phi) is 6.61. The summed E-state index contributed by atoms with van der Waals surface area (Å²) in [5.41, 5.74) is -2.14. The van der Waals surface area contributed by atoms with Crippen LogP contribution in [0.5, 0.6) is 0 Å². The summed E-state index contributed by atoms with van der Waals surface area (Å²) < 4.78 is 47.3. The molecule has 30 heavy (non-hydrogen) atoms. The molecular weight excluding hydrogens is 471 g/mol. The number of rotatable bonds is 5. The highest BCUT2D eigenvalue weighted by atomic mass is 79.9. The number of hydrogen-bond donors (Lipinski definition) is 2. The average Bonchev–Trinajstić information content (AvgIpc) is 3.20. The van der Waals surface area contributed by atoms with Gasteiger partial charge in [0.2, 0.25) is 5.91 Å². The largest absolute Gasteiger partial charge is 0.418 e. The lowest BCUT2D eigenvalue weighted by Gasteiger charge is -2.17. The zero-order valence-corrected chi connectivity index (χ0v) is 17.0. The standard InChI is InChI=1S/C19H17BrF3N3O4/c20-11-3-6-17(28)26(9-11)10-16(27)25-14-5-4-12(8-13(14)19(21,22)23)24-18(29)15-2-1-7-30-15/h3-6,8-9,15H,1-2,7,10H2,(H,24,29)(H,25,27). The molecule has 0 radical (unpaired) electrons. The lowest BCUT2D eigenvalue weighted by atomic mass is 10.1. The van der Waals surface area contributed by atoms with Gasteiger partial charge in [0.25, 0.3) is 11.5 Å². The number of nitrogens with one attached hydrogen (secondary N) is 2. The van der Waals surface area contributed by atoms with E-state index in [0.717, 1.165) is 16.7 Å². The Morgan fingerprint density at radius 1 is 1.20 bits per heavy atom. The van der Waals surface area contributed by atoms with Crippen LogP contribution in [0.1, 0.15) is 18.4 Å². The van der Waals surface area contributed by atoms with Crippen LogP contribution < -0.4 is 16.2 Å². The molecule has 0 bridgehead atoms. The first kappa shape index (κ1) is 22.0. The number of carbonyl (C=O) groups is 2. The van der Waals surface area contributed by atoms with E-state index >= 15 is 0 Å². The number of benzene rings is 1. The Bertz CT molecular complexity index is 1020. The summed E-state index contributed by atoms with van der Waals surface area (Å²) in [4.78, 5) is 36.1. The van der Waals surface area contributed by atoms with E-state index < -0.39 is 47.4 Å². The zero-order valence-electron chi connectivity index (χ0n) is 15.5. The van der Waals surface area contributed by atoms with Gasteiger partial charge in [0.15, 0.2) is 0 Å². The molecule has 1 aromatic carbocycles. The van der Waals surface area contributed by atoms with Crippen molar-refractivity contribution < 1.29 is 27.5 Å². The number of nitrogens with zero attached hydrogens (tertiary/aromatic N) is 1. The van der Waals surface area contributed by atoms with Crippen molar-refractivity contribution in [3.05, 3.63) is 56.9 Å². The summed E-state index contributed by atoms with van der Waals surface area (Å²) in [5.74, 6) is -1.33.